The SMILES string of the molecule is COC(=O)c1cc(-c2nn(-c3ccccc3)c(C(=O)OC)c2C(=O)OC)cc([N+](=O)[O-])c1. The molecule has 0 bridgehead atoms. The van der Waals surface area contributed by atoms with E-state index >= 15 is 0 Å². The molecule has 0 atom stereocenters. The highest BCUT2D eigenvalue weighted by atomic mass is 16.6. The number of esters is 3. The van der Waals surface area contributed by atoms with Gasteiger partial charge in [-0.05, 0) is 18.2 Å². The third-order valence-corrected chi connectivity index (χ3v) is 4.48. The van der Waals surface area contributed by atoms with Gasteiger partial charge in [-0.25, -0.2) is 19.1 Å². The highest BCUT2D eigenvalue weighted by Crippen LogP contribution is 2.32. The summed E-state index contributed by atoms with van der Waals surface area (Å²) in [4.78, 5) is 48.1. The van der Waals surface area contributed by atoms with E-state index in [9.17, 15) is 24.5 Å². The molecule has 1 heterocycles. The molecule has 0 aliphatic heterocycles. The number of carbonyl (C=O) groups is 3. The van der Waals surface area contributed by atoms with Gasteiger partial charge in [0.05, 0.1) is 37.5 Å². The molecule has 0 radical (unpaired) electrons. The van der Waals surface area contributed by atoms with Crippen molar-refractivity contribution in [1.82, 2.24) is 9.78 Å². The number of nitro benzene ring substituents is 1. The highest BCUT2D eigenvalue weighted by molar-refractivity contribution is 6.07. The van der Waals surface area contributed by atoms with Crippen LogP contribution >= 0.6 is 0 Å². The first-order valence-electron chi connectivity index (χ1n) is 9.05. The van der Waals surface area contributed by atoms with Crippen molar-refractivity contribution in [3.63, 3.8) is 0 Å². The maximum Gasteiger partial charge on any atom is 0.357 e. The molecule has 0 aliphatic carbocycles. The first kappa shape index (κ1) is 22.2. The number of ether oxygens (including phenoxy) is 3. The number of carbonyl (C=O) groups excluding carboxylic acids is 3. The van der Waals surface area contributed by atoms with Crippen LogP contribution in [0.1, 0.15) is 31.2 Å². The topological polar surface area (TPSA) is 140 Å². The standard InChI is InChI=1S/C21H17N3O8/c1-30-19(25)13-9-12(10-15(11-13)24(28)29)17-16(20(26)31-2)18(21(27)32-3)23(22-17)14-7-5-4-6-8-14/h4-11H,1-3H3. The minimum absolute atomic E-state index is 0.0276. The summed E-state index contributed by atoms with van der Waals surface area (Å²) in [6.07, 6.45) is 0. The van der Waals surface area contributed by atoms with Gasteiger partial charge in [0.2, 0.25) is 0 Å². The predicted molar refractivity (Wildman–Crippen MR) is 110 cm³/mol. The van der Waals surface area contributed by atoms with Crippen molar-refractivity contribution in [1.29, 1.82) is 0 Å². The molecular weight excluding hydrogens is 422 g/mol. The fraction of sp³-hybridized carbons (Fsp3) is 0.143. The molecule has 0 amide bonds. The zero-order valence-electron chi connectivity index (χ0n) is 17.2. The van der Waals surface area contributed by atoms with Gasteiger partial charge in [-0.1, -0.05) is 18.2 Å². The number of nitrogens with zero attached hydrogens (tertiary/aromatic N) is 3. The molecule has 0 N–H and O–H groups in total. The number of hydrogen-bond donors (Lipinski definition) is 0. The van der Waals surface area contributed by atoms with Crippen LogP contribution in [-0.2, 0) is 14.2 Å². The van der Waals surface area contributed by atoms with E-state index in [0.717, 1.165) is 33.5 Å². The van der Waals surface area contributed by atoms with Crippen LogP contribution in [0.4, 0.5) is 5.69 Å². The van der Waals surface area contributed by atoms with Crippen LogP contribution in [-0.4, -0.2) is 53.9 Å². The number of benzene rings is 2. The number of hydrogen-bond acceptors (Lipinski definition) is 9. The van der Waals surface area contributed by atoms with Crippen molar-refractivity contribution in [2.45, 2.75) is 0 Å². The third-order valence-electron chi connectivity index (χ3n) is 4.48. The molecule has 0 fully saturated rings. The average Bonchev–Trinajstić information content (AvgIpc) is 3.23. The van der Waals surface area contributed by atoms with E-state index in [0.29, 0.717) is 5.69 Å². The predicted octanol–water partition coefficient (Wildman–Crippen LogP) is 2.81. The number of non-ortho nitro benzene ring substituents is 1. The lowest BCUT2D eigenvalue weighted by molar-refractivity contribution is -0.384. The largest absolute Gasteiger partial charge is 0.465 e. The average molecular weight is 439 g/mol. The summed E-state index contributed by atoms with van der Waals surface area (Å²) in [7, 11) is 3.37. The van der Waals surface area contributed by atoms with Crippen LogP contribution in [0.15, 0.2) is 48.5 Å². The minimum Gasteiger partial charge on any atom is -0.465 e. The van der Waals surface area contributed by atoms with Crippen molar-refractivity contribution in [2.24, 2.45) is 0 Å². The van der Waals surface area contributed by atoms with Crippen molar-refractivity contribution in [3.05, 3.63) is 75.5 Å². The molecule has 0 saturated carbocycles. The van der Waals surface area contributed by atoms with Gasteiger partial charge in [-0.15, -0.1) is 0 Å². The van der Waals surface area contributed by atoms with Gasteiger partial charge in [-0.3, -0.25) is 10.1 Å². The molecule has 0 unspecified atom stereocenters. The summed E-state index contributed by atoms with van der Waals surface area (Å²) in [5.41, 5.74) is -0.766. The molecule has 2 aromatic carbocycles. The zero-order chi connectivity index (χ0) is 23.4. The van der Waals surface area contributed by atoms with Crippen LogP contribution in [0.3, 0.4) is 0 Å². The summed E-state index contributed by atoms with van der Waals surface area (Å²) in [6.45, 7) is 0. The number of para-hydroxylation sites is 1. The first-order chi connectivity index (χ1) is 15.3. The number of methoxy groups -OCH3 is 3. The Labute approximate surface area is 181 Å². The molecule has 3 rings (SSSR count). The maximum absolute atomic E-state index is 12.7. The van der Waals surface area contributed by atoms with Crippen LogP contribution < -0.4 is 0 Å². The summed E-state index contributed by atoms with van der Waals surface area (Å²) in [5.74, 6) is -2.63. The van der Waals surface area contributed by atoms with Crippen LogP contribution in [0, 0.1) is 10.1 Å². The molecule has 0 saturated heterocycles. The fourth-order valence-electron chi connectivity index (χ4n) is 3.05. The Morgan fingerprint density at radius 2 is 1.53 bits per heavy atom. The van der Waals surface area contributed by atoms with Crippen LogP contribution in [0.5, 0.6) is 0 Å². The van der Waals surface area contributed by atoms with E-state index < -0.39 is 28.5 Å². The molecule has 1 aromatic heterocycles. The van der Waals surface area contributed by atoms with Crippen LogP contribution in [0.2, 0.25) is 0 Å². The Hall–Kier alpha value is -4.54. The van der Waals surface area contributed by atoms with E-state index in [1.165, 1.54) is 10.7 Å². The summed E-state index contributed by atoms with van der Waals surface area (Å²) in [6, 6.07) is 11.8. The van der Waals surface area contributed by atoms with E-state index in [4.69, 9.17) is 9.47 Å². The molecule has 3 aromatic rings. The maximum atomic E-state index is 12.7. The Kier molecular flexibility index (Phi) is 6.29. The fourth-order valence-corrected chi connectivity index (χ4v) is 3.05. The van der Waals surface area contributed by atoms with E-state index in [1.54, 1.807) is 30.3 Å². The quantitative estimate of drug-likeness (QED) is 0.245. The van der Waals surface area contributed by atoms with E-state index in [1.807, 2.05) is 0 Å². The lowest BCUT2D eigenvalue weighted by Gasteiger charge is -2.07. The van der Waals surface area contributed by atoms with Gasteiger partial charge >= 0.3 is 17.9 Å². The first-order valence-corrected chi connectivity index (χ1v) is 9.05. The monoisotopic (exact) mass is 439 g/mol. The molecular formula is C21H17N3O8. The second kappa shape index (κ2) is 9.08. The van der Waals surface area contributed by atoms with Gasteiger partial charge in [0.1, 0.15) is 11.3 Å². The highest BCUT2D eigenvalue weighted by Gasteiger charge is 2.32. The summed E-state index contributed by atoms with van der Waals surface area (Å²) >= 11 is 0. The van der Waals surface area contributed by atoms with Crippen molar-refractivity contribution in [3.8, 4) is 16.9 Å². The normalized spacial score (nSPS) is 10.3. The Morgan fingerprint density at radius 3 is 2.09 bits per heavy atom. The van der Waals surface area contributed by atoms with Crippen molar-refractivity contribution >= 4 is 23.6 Å². The summed E-state index contributed by atoms with van der Waals surface area (Å²) < 4.78 is 15.5. The van der Waals surface area contributed by atoms with Gasteiger partial charge in [0.15, 0.2) is 5.69 Å². The Bertz CT molecular complexity index is 1220. The summed E-state index contributed by atoms with van der Waals surface area (Å²) in [5, 5.41) is 15.8. The lowest BCUT2D eigenvalue weighted by Crippen LogP contribution is -2.15. The molecule has 164 valence electrons. The Balaban J connectivity index is 2.41. The minimum atomic E-state index is -0.922. The molecule has 32 heavy (non-hydrogen) atoms. The van der Waals surface area contributed by atoms with Gasteiger partial charge < -0.3 is 14.2 Å². The van der Waals surface area contributed by atoms with Gasteiger partial charge in [-0.2, -0.15) is 5.10 Å². The molecule has 11 heteroatoms. The van der Waals surface area contributed by atoms with Gasteiger partial charge in [0.25, 0.3) is 5.69 Å². The number of aromatic nitrogens is 2. The lowest BCUT2D eigenvalue weighted by atomic mass is 10.0. The van der Waals surface area contributed by atoms with E-state index in [2.05, 4.69) is 9.84 Å². The third kappa shape index (κ3) is 4.03. The Morgan fingerprint density at radius 1 is 0.906 bits per heavy atom. The smallest absolute Gasteiger partial charge is 0.357 e. The van der Waals surface area contributed by atoms with Crippen molar-refractivity contribution < 1.29 is 33.5 Å². The second-order valence-electron chi connectivity index (χ2n) is 6.32. The van der Waals surface area contributed by atoms with Gasteiger partial charge in [0, 0.05) is 17.7 Å². The molecule has 0 spiro atoms. The number of rotatable bonds is 6. The zero-order valence-corrected chi connectivity index (χ0v) is 17.2. The van der Waals surface area contributed by atoms with E-state index in [-0.39, 0.29) is 28.1 Å². The van der Waals surface area contributed by atoms with Crippen LogP contribution in [0.25, 0.3) is 16.9 Å². The molecule has 0 aliphatic rings. The number of nitro groups is 1. The second-order valence-corrected chi connectivity index (χ2v) is 6.32. The van der Waals surface area contributed by atoms with Crippen molar-refractivity contribution in [2.75, 3.05) is 21.3 Å². The molecule has 11 nitrogen and oxygen atoms in total.